The molecule has 0 saturated carbocycles. The Morgan fingerprint density at radius 1 is 1.30 bits per heavy atom. The molecule has 0 saturated heterocycles. The lowest BCUT2D eigenvalue weighted by Crippen LogP contribution is -1.98. The number of methoxy groups -OCH3 is 2. The third-order valence-electron chi connectivity index (χ3n) is 3.86. The van der Waals surface area contributed by atoms with Crippen LogP contribution in [0.3, 0.4) is 0 Å². The normalized spacial score (nSPS) is 11.0. The van der Waals surface area contributed by atoms with E-state index in [2.05, 4.69) is 11.9 Å². The second-order valence-electron chi connectivity index (χ2n) is 5.11. The second kappa shape index (κ2) is 6.04. The van der Waals surface area contributed by atoms with Crippen molar-refractivity contribution in [2.45, 2.75) is 20.3 Å². The van der Waals surface area contributed by atoms with Crippen LogP contribution in [0.15, 0.2) is 18.2 Å². The molecular formula is C17H18N2O3S. The van der Waals surface area contributed by atoms with Crippen molar-refractivity contribution in [1.82, 2.24) is 9.38 Å². The summed E-state index contributed by atoms with van der Waals surface area (Å²) < 4.78 is 12.8. The van der Waals surface area contributed by atoms with Crippen molar-refractivity contribution >= 4 is 22.6 Å². The molecule has 0 spiro atoms. The number of aromatic nitrogens is 2. The van der Waals surface area contributed by atoms with Crippen LogP contribution in [-0.2, 0) is 6.42 Å². The Morgan fingerprint density at radius 3 is 2.70 bits per heavy atom. The molecule has 0 radical (unpaired) electrons. The number of hydrogen-bond acceptors (Lipinski definition) is 5. The molecule has 5 nitrogen and oxygen atoms in total. The van der Waals surface area contributed by atoms with Gasteiger partial charge in [-0.05, 0) is 31.5 Å². The highest BCUT2D eigenvalue weighted by Crippen LogP contribution is 2.40. The van der Waals surface area contributed by atoms with Crippen LogP contribution in [0.4, 0.5) is 0 Å². The SMILES string of the molecule is CCc1sc2nc(C)c(C=O)n2c1-c1cc(OC)ccc1OC. The number of hydrogen-bond donors (Lipinski definition) is 0. The van der Waals surface area contributed by atoms with Crippen LogP contribution in [0.1, 0.15) is 28.0 Å². The third kappa shape index (κ3) is 2.39. The molecule has 1 aromatic carbocycles. The molecule has 0 bridgehead atoms. The van der Waals surface area contributed by atoms with Crippen LogP contribution in [0, 0.1) is 6.92 Å². The summed E-state index contributed by atoms with van der Waals surface area (Å²) in [4.78, 5) is 18.0. The van der Waals surface area contributed by atoms with Crippen molar-refractivity contribution in [3.63, 3.8) is 0 Å². The minimum atomic E-state index is 0.579. The van der Waals surface area contributed by atoms with Crippen LogP contribution >= 0.6 is 11.3 Å². The zero-order valence-electron chi connectivity index (χ0n) is 13.5. The topological polar surface area (TPSA) is 52.8 Å². The Kier molecular flexibility index (Phi) is 4.09. The van der Waals surface area contributed by atoms with Crippen LogP contribution in [-0.4, -0.2) is 29.9 Å². The predicted octanol–water partition coefficient (Wildman–Crippen LogP) is 3.76. The van der Waals surface area contributed by atoms with Crippen LogP contribution in [0.2, 0.25) is 0 Å². The van der Waals surface area contributed by atoms with Crippen LogP contribution in [0.5, 0.6) is 11.5 Å². The van der Waals surface area contributed by atoms with Gasteiger partial charge in [0.05, 0.1) is 25.6 Å². The maximum atomic E-state index is 11.5. The molecule has 0 unspecified atom stereocenters. The molecule has 23 heavy (non-hydrogen) atoms. The standard InChI is InChI=1S/C17H18N2O3S/c1-5-15-16(12-8-11(21-3)6-7-14(12)22-4)19-13(9-20)10(2)18-17(19)23-15/h6-9H,5H2,1-4H3. The summed E-state index contributed by atoms with van der Waals surface area (Å²) in [5.74, 6) is 1.48. The number of carbonyl (C=O) groups excluding carboxylic acids is 1. The summed E-state index contributed by atoms with van der Waals surface area (Å²) in [5.41, 5.74) is 3.16. The second-order valence-corrected chi connectivity index (χ2v) is 6.17. The molecule has 3 aromatic rings. The van der Waals surface area contributed by atoms with E-state index in [0.29, 0.717) is 5.69 Å². The highest BCUT2D eigenvalue weighted by Gasteiger charge is 2.22. The molecule has 120 valence electrons. The first-order valence-corrected chi connectivity index (χ1v) is 8.14. The van der Waals surface area contributed by atoms with Gasteiger partial charge in [-0.25, -0.2) is 4.98 Å². The average molecular weight is 330 g/mol. The van der Waals surface area contributed by atoms with Crippen LogP contribution < -0.4 is 9.47 Å². The highest BCUT2D eigenvalue weighted by molar-refractivity contribution is 7.17. The minimum absolute atomic E-state index is 0.579. The Morgan fingerprint density at radius 2 is 2.09 bits per heavy atom. The molecule has 2 aromatic heterocycles. The van der Waals surface area contributed by atoms with E-state index in [1.165, 1.54) is 0 Å². The summed E-state index contributed by atoms with van der Waals surface area (Å²) in [6.07, 6.45) is 1.71. The largest absolute Gasteiger partial charge is 0.497 e. The highest BCUT2D eigenvalue weighted by atomic mass is 32.1. The summed E-state index contributed by atoms with van der Waals surface area (Å²) in [7, 11) is 3.27. The number of imidazole rings is 1. The molecular weight excluding hydrogens is 312 g/mol. The van der Waals surface area contributed by atoms with Gasteiger partial charge >= 0.3 is 0 Å². The summed E-state index contributed by atoms with van der Waals surface area (Å²) in [6.45, 7) is 3.94. The number of benzene rings is 1. The fraction of sp³-hybridized carbons (Fsp3) is 0.294. The van der Waals surface area contributed by atoms with E-state index in [0.717, 1.165) is 51.0 Å². The summed E-state index contributed by atoms with van der Waals surface area (Å²) in [6, 6.07) is 5.67. The molecule has 0 fully saturated rings. The Balaban J connectivity index is 2.40. The van der Waals surface area contributed by atoms with Crippen molar-refractivity contribution in [2.75, 3.05) is 14.2 Å². The first kappa shape index (κ1) is 15.6. The van der Waals surface area contributed by atoms with Gasteiger partial charge in [0.2, 0.25) is 0 Å². The lowest BCUT2D eigenvalue weighted by Gasteiger charge is -2.12. The molecule has 2 heterocycles. The van der Waals surface area contributed by atoms with Crippen molar-refractivity contribution in [3.8, 4) is 22.8 Å². The number of ether oxygens (including phenoxy) is 2. The maximum absolute atomic E-state index is 11.5. The Labute approximate surface area is 138 Å². The minimum Gasteiger partial charge on any atom is -0.497 e. The van der Waals surface area contributed by atoms with Gasteiger partial charge in [0.25, 0.3) is 0 Å². The lowest BCUT2D eigenvalue weighted by molar-refractivity contribution is 0.111. The maximum Gasteiger partial charge on any atom is 0.195 e. The number of rotatable bonds is 5. The van der Waals surface area contributed by atoms with E-state index in [9.17, 15) is 4.79 Å². The zero-order valence-corrected chi connectivity index (χ0v) is 14.4. The summed E-state index contributed by atoms with van der Waals surface area (Å²) in [5, 5.41) is 0. The van der Waals surface area contributed by atoms with Gasteiger partial charge in [-0.3, -0.25) is 9.20 Å². The summed E-state index contributed by atoms with van der Waals surface area (Å²) >= 11 is 1.60. The molecule has 0 aliphatic carbocycles. The van der Waals surface area contributed by atoms with Gasteiger partial charge in [0, 0.05) is 10.4 Å². The zero-order chi connectivity index (χ0) is 16.6. The fourth-order valence-electron chi connectivity index (χ4n) is 2.73. The van der Waals surface area contributed by atoms with Crippen molar-refractivity contribution in [2.24, 2.45) is 0 Å². The predicted molar refractivity (Wildman–Crippen MR) is 91.1 cm³/mol. The van der Waals surface area contributed by atoms with Gasteiger partial charge in [0.15, 0.2) is 11.2 Å². The number of nitrogens with zero attached hydrogens (tertiary/aromatic N) is 2. The van der Waals surface area contributed by atoms with E-state index in [-0.39, 0.29) is 0 Å². The number of fused-ring (bicyclic) bond motifs is 1. The molecule has 6 heteroatoms. The molecule has 0 amide bonds. The monoisotopic (exact) mass is 330 g/mol. The number of aryl methyl sites for hydroxylation is 2. The lowest BCUT2D eigenvalue weighted by atomic mass is 10.1. The smallest absolute Gasteiger partial charge is 0.195 e. The van der Waals surface area contributed by atoms with E-state index < -0.39 is 0 Å². The molecule has 0 aliphatic rings. The van der Waals surface area contributed by atoms with E-state index in [4.69, 9.17) is 9.47 Å². The van der Waals surface area contributed by atoms with Gasteiger partial charge in [0.1, 0.15) is 17.2 Å². The van der Waals surface area contributed by atoms with Gasteiger partial charge < -0.3 is 9.47 Å². The average Bonchev–Trinajstić information content (AvgIpc) is 3.07. The van der Waals surface area contributed by atoms with E-state index in [1.807, 2.05) is 29.5 Å². The van der Waals surface area contributed by atoms with Crippen molar-refractivity contribution in [3.05, 3.63) is 34.5 Å². The molecule has 0 N–H and O–H groups in total. The quantitative estimate of drug-likeness (QED) is 0.668. The van der Waals surface area contributed by atoms with Crippen LogP contribution in [0.25, 0.3) is 16.2 Å². The van der Waals surface area contributed by atoms with Crippen molar-refractivity contribution < 1.29 is 14.3 Å². The first-order chi connectivity index (χ1) is 11.1. The molecule has 0 aliphatic heterocycles. The number of thiazole rings is 1. The first-order valence-electron chi connectivity index (χ1n) is 7.32. The number of aldehydes is 1. The Hall–Kier alpha value is -2.34. The number of carbonyl (C=O) groups is 1. The fourth-order valence-corrected chi connectivity index (χ4v) is 3.86. The van der Waals surface area contributed by atoms with E-state index in [1.54, 1.807) is 25.6 Å². The Bertz CT molecular complexity index is 880. The van der Waals surface area contributed by atoms with E-state index >= 15 is 0 Å². The van der Waals surface area contributed by atoms with Gasteiger partial charge in [-0.15, -0.1) is 11.3 Å². The molecule has 0 atom stereocenters. The van der Waals surface area contributed by atoms with Gasteiger partial charge in [-0.1, -0.05) is 6.92 Å². The van der Waals surface area contributed by atoms with Crippen molar-refractivity contribution in [1.29, 1.82) is 0 Å². The van der Waals surface area contributed by atoms with Gasteiger partial charge in [-0.2, -0.15) is 0 Å². The molecule has 3 rings (SSSR count). The third-order valence-corrected chi connectivity index (χ3v) is 5.05.